The Morgan fingerprint density at radius 3 is 2.18 bits per heavy atom. The molecule has 0 aliphatic rings. The molecule has 1 unspecified atom stereocenters. The predicted molar refractivity (Wildman–Crippen MR) is 109 cm³/mol. The van der Waals surface area contributed by atoms with Gasteiger partial charge in [0.05, 0.1) is 11.5 Å². The molecular formula is C23H22O4S. The SMILES string of the molecule is Cc1ccc(S(=O)(=O)OCC(C)c2ccccc2C(=O)c2ccccc2)cc1. The van der Waals surface area contributed by atoms with Gasteiger partial charge in [0.15, 0.2) is 5.78 Å². The summed E-state index contributed by atoms with van der Waals surface area (Å²) in [5.74, 6) is -0.367. The first-order valence-electron chi connectivity index (χ1n) is 9.03. The molecule has 0 aliphatic carbocycles. The molecule has 0 aromatic heterocycles. The molecule has 0 aliphatic heterocycles. The second-order valence-corrected chi connectivity index (χ2v) is 8.35. The fourth-order valence-electron chi connectivity index (χ4n) is 2.93. The van der Waals surface area contributed by atoms with Gasteiger partial charge in [0, 0.05) is 17.0 Å². The van der Waals surface area contributed by atoms with E-state index < -0.39 is 10.1 Å². The lowest BCUT2D eigenvalue weighted by Crippen LogP contribution is -2.14. The van der Waals surface area contributed by atoms with Gasteiger partial charge in [-0.3, -0.25) is 8.98 Å². The zero-order valence-electron chi connectivity index (χ0n) is 15.8. The summed E-state index contributed by atoms with van der Waals surface area (Å²) in [7, 11) is -3.85. The average molecular weight is 394 g/mol. The molecule has 3 aromatic rings. The summed E-state index contributed by atoms with van der Waals surface area (Å²) in [6.45, 7) is 3.69. The van der Waals surface area contributed by atoms with Crippen LogP contribution in [0.2, 0.25) is 0 Å². The van der Waals surface area contributed by atoms with E-state index in [4.69, 9.17) is 4.18 Å². The minimum atomic E-state index is -3.85. The molecule has 0 saturated heterocycles. The molecule has 3 aromatic carbocycles. The van der Waals surface area contributed by atoms with Gasteiger partial charge >= 0.3 is 0 Å². The fraction of sp³-hybridized carbons (Fsp3) is 0.174. The summed E-state index contributed by atoms with van der Waals surface area (Å²) >= 11 is 0. The van der Waals surface area contributed by atoms with Gasteiger partial charge in [-0.2, -0.15) is 8.42 Å². The van der Waals surface area contributed by atoms with Crippen molar-refractivity contribution >= 4 is 15.9 Å². The quantitative estimate of drug-likeness (QED) is 0.429. The molecule has 28 heavy (non-hydrogen) atoms. The Balaban J connectivity index is 1.79. The van der Waals surface area contributed by atoms with Crippen molar-refractivity contribution in [2.24, 2.45) is 0 Å². The fourth-order valence-corrected chi connectivity index (χ4v) is 3.92. The first kappa shape index (κ1) is 20.0. The Labute approximate surface area is 165 Å². The number of hydrogen-bond donors (Lipinski definition) is 0. The van der Waals surface area contributed by atoms with E-state index in [1.165, 1.54) is 12.1 Å². The van der Waals surface area contributed by atoms with Crippen LogP contribution >= 0.6 is 0 Å². The van der Waals surface area contributed by atoms with Crippen LogP contribution in [0.25, 0.3) is 0 Å². The first-order chi connectivity index (χ1) is 13.4. The minimum absolute atomic E-state index is 0.0463. The van der Waals surface area contributed by atoms with Gasteiger partial charge in [-0.25, -0.2) is 0 Å². The van der Waals surface area contributed by atoms with E-state index >= 15 is 0 Å². The number of benzene rings is 3. The molecule has 144 valence electrons. The normalized spacial score (nSPS) is 12.5. The molecule has 0 radical (unpaired) electrons. The van der Waals surface area contributed by atoms with Crippen LogP contribution in [-0.4, -0.2) is 20.8 Å². The van der Waals surface area contributed by atoms with Crippen molar-refractivity contribution in [3.05, 3.63) is 101 Å². The standard InChI is InChI=1S/C23H22O4S/c1-17-12-14-20(15-13-17)28(25,26)27-16-18(2)21-10-6-7-11-22(21)23(24)19-8-4-3-5-9-19/h3-15,18H,16H2,1-2H3. The highest BCUT2D eigenvalue weighted by molar-refractivity contribution is 7.86. The molecule has 0 bridgehead atoms. The minimum Gasteiger partial charge on any atom is -0.289 e. The average Bonchev–Trinajstić information content (AvgIpc) is 2.72. The van der Waals surface area contributed by atoms with Gasteiger partial charge in [0.1, 0.15) is 0 Å². The van der Waals surface area contributed by atoms with E-state index in [9.17, 15) is 13.2 Å². The molecule has 4 nitrogen and oxygen atoms in total. The highest BCUT2D eigenvalue weighted by Gasteiger charge is 2.21. The lowest BCUT2D eigenvalue weighted by atomic mass is 9.91. The summed E-state index contributed by atoms with van der Waals surface area (Å²) in [6.07, 6.45) is 0. The van der Waals surface area contributed by atoms with Gasteiger partial charge in [-0.1, -0.05) is 79.2 Å². The zero-order valence-corrected chi connectivity index (χ0v) is 16.6. The van der Waals surface area contributed by atoms with Crippen molar-refractivity contribution in [1.82, 2.24) is 0 Å². The molecule has 0 fully saturated rings. The van der Waals surface area contributed by atoms with Gasteiger partial charge in [0.2, 0.25) is 0 Å². The maximum absolute atomic E-state index is 12.9. The lowest BCUT2D eigenvalue weighted by molar-refractivity contribution is 0.103. The Kier molecular flexibility index (Phi) is 6.07. The molecule has 0 amide bonds. The molecule has 3 rings (SSSR count). The van der Waals surface area contributed by atoms with E-state index in [0.717, 1.165) is 11.1 Å². The summed E-state index contributed by atoms with van der Waals surface area (Å²) < 4.78 is 30.1. The number of aryl methyl sites for hydroxylation is 1. The van der Waals surface area contributed by atoms with E-state index in [1.807, 2.05) is 44.2 Å². The van der Waals surface area contributed by atoms with Crippen LogP contribution in [0.5, 0.6) is 0 Å². The molecule has 1 atom stereocenters. The van der Waals surface area contributed by atoms with Crippen molar-refractivity contribution in [1.29, 1.82) is 0 Å². The van der Waals surface area contributed by atoms with Gasteiger partial charge in [-0.05, 0) is 24.6 Å². The van der Waals surface area contributed by atoms with Gasteiger partial charge < -0.3 is 0 Å². The van der Waals surface area contributed by atoms with E-state index in [-0.39, 0.29) is 23.2 Å². The highest BCUT2D eigenvalue weighted by Crippen LogP contribution is 2.24. The largest absolute Gasteiger partial charge is 0.296 e. The van der Waals surface area contributed by atoms with E-state index in [1.54, 1.807) is 36.4 Å². The Hall–Kier alpha value is -2.76. The maximum atomic E-state index is 12.9. The second-order valence-electron chi connectivity index (χ2n) is 6.74. The zero-order chi connectivity index (χ0) is 20.1. The van der Waals surface area contributed by atoms with Crippen LogP contribution in [0, 0.1) is 6.92 Å². The van der Waals surface area contributed by atoms with Crippen molar-refractivity contribution in [2.45, 2.75) is 24.7 Å². The third kappa shape index (κ3) is 4.55. The first-order valence-corrected chi connectivity index (χ1v) is 10.4. The van der Waals surface area contributed by atoms with Crippen LogP contribution in [0.3, 0.4) is 0 Å². The predicted octanol–water partition coefficient (Wildman–Crippen LogP) is 4.74. The Morgan fingerprint density at radius 1 is 0.893 bits per heavy atom. The van der Waals surface area contributed by atoms with Crippen molar-refractivity contribution in [3.8, 4) is 0 Å². The van der Waals surface area contributed by atoms with Crippen LogP contribution in [0.4, 0.5) is 0 Å². The Bertz CT molecular complexity index is 1060. The number of carbonyl (C=O) groups excluding carboxylic acids is 1. The van der Waals surface area contributed by atoms with E-state index in [2.05, 4.69) is 0 Å². The van der Waals surface area contributed by atoms with Crippen molar-refractivity contribution in [3.63, 3.8) is 0 Å². The summed E-state index contributed by atoms with van der Waals surface area (Å²) in [5.41, 5.74) is 2.88. The molecule has 0 spiro atoms. The van der Waals surface area contributed by atoms with Crippen LogP contribution < -0.4 is 0 Å². The topological polar surface area (TPSA) is 60.4 Å². The molecule has 5 heteroatoms. The number of hydrogen-bond acceptors (Lipinski definition) is 4. The summed E-state index contributed by atoms with van der Waals surface area (Å²) in [5, 5.41) is 0. The Morgan fingerprint density at radius 2 is 1.50 bits per heavy atom. The lowest BCUT2D eigenvalue weighted by Gasteiger charge is -2.16. The third-order valence-electron chi connectivity index (χ3n) is 4.56. The van der Waals surface area contributed by atoms with E-state index in [0.29, 0.717) is 11.1 Å². The smallest absolute Gasteiger partial charge is 0.289 e. The number of carbonyl (C=O) groups is 1. The van der Waals surface area contributed by atoms with Gasteiger partial charge in [-0.15, -0.1) is 0 Å². The van der Waals surface area contributed by atoms with Crippen LogP contribution in [0.1, 0.15) is 39.9 Å². The van der Waals surface area contributed by atoms with Crippen molar-refractivity contribution in [2.75, 3.05) is 6.61 Å². The monoisotopic (exact) mass is 394 g/mol. The maximum Gasteiger partial charge on any atom is 0.296 e. The van der Waals surface area contributed by atoms with Crippen molar-refractivity contribution < 1.29 is 17.4 Å². The number of ketones is 1. The van der Waals surface area contributed by atoms with Crippen LogP contribution in [-0.2, 0) is 14.3 Å². The molecule has 0 N–H and O–H groups in total. The summed E-state index contributed by atoms with van der Waals surface area (Å²) in [4.78, 5) is 13.0. The highest BCUT2D eigenvalue weighted by atomic mass is 32.2. The molecular weight excluding hydrogens is 372 g/mol. The third-order valence-corrected chi connectivity index (χ3v) is 5.85. The molecule has 0 heterocycles. The molecule has 0 saturated carbocycles. The summed E-state index contributed by atoms with van der Waals surface area (Å²) in [6, 6.07) is 22.8. The second kappa shape index (κ2) is 8.50. The van der Waals surface area contributed by atoms with Gasteiger partial charge in [0.25, 0.3) is 10.1 Å². The number of rotatable bonds is 7. The van der Waals surface area contributed by atoms with Crippen LogP contribution in [0.15, 0.2) is 83.8 Å².